The first kappa shape index (κ1) is 18.1. The zero-order valence-corrected chi connectivity index (χ0v) is 14.8. The highest BCUT2D eigenvalue weighted by molar-refractivity contribution is 8.00. The van der Waals surface area contributed by atoms with Gasteiger partial charge in [-0.2, -0.15) is 13.2 Å². The Kier molecular flexibility index (Phi) is 4.97. The molecule has 1 aromatic carbocycles. The van der Waals surface area contributed by atoms with E-state index in [9.17, 15) is 18.0 Å². The lowest BCUT2D eigenvalue weighted by molar-refractivity contribution is -0.137. The first-order chi connectivity index (χ1) is 11.8. The molecule has 3 nitrogen and oxygen atoms in total. The van der Waals surface area contributed by atoms with Crippen LogP contribution in [-0.2, 0) is 17.4 Å². The fourth-order valence-electron chi connectivity index (χ4n) is 2.83. The molecule has 25 heavy (non-hydrogen) atoms. The molecule has 0 saturated heterocycles. The van der Waals surface area contributed by atoms with Gasteiger partial charge in [0, 0.05) is 17.9 Å². The molecule has 3 rings (SSSR count). The van der Waals surface area contributed by atoms with E-state index in [1.165, 1.54) is 0 Å². The SMILES string of the molecule is C[C@H]1Cc2ccccc2N1C(=O)CSc1ncc(C(F)(F)F)cc1Cl. The van der Waals surface area contributed by atoms with Gasteiger partial charge in [-0.05, 0) is 31.0 Å². The van der Waals surface area contributed by atoms with Gasteiger partial charge in [0.15, 0.2) is 0 Å². The molecule has 2 aromatic rings. The summed E-state index contributed by atoms with van der Waals surface area (Å²) < 4.78 is 37.9. The summed E-state index contributed by atoms with van der Waals surface area (Å²) in [7, 11) is 0. The Balaban J connectivity index is 1.71. The molecule has 0 bridgehead atoms. The number of alkyl halides is 3. The molecule has 0 spiro atoms. The van der Waals surface area contributed by atoms with E-state index in [1.54, 1.807) is 4.90 Å². The fraction of sp³-hybridized carbons (Fsp3) is 0.294. The van der Waals surface area contributed by atoms with Crippen molar-refractivity contribution in [3.63, 3.8) is 0 Å². The minimum atomic E-state index is -4.50. The van der Waals surface area contributed by atoms with Crippen molar-refractivity contribution < 1.29 is 18.0 Å². The molecule has 0 saturated carbocycles. The van der Waals surface area contributed by atoms with E-state index in [4.69, 9.17) is 11.6 Å². The third kappa shape index (κ3) is 3.77. The molecule has 132 valence electrons. The largest absolute Gasteiger partial charge is 0.417 e. The maximum atomic E-state index is 12.6. The molecule has 0 unspecified atom stereocenters. The van der Waals surface area contributed by atoms with Crippen LogP contribution in [0.4, 0.5) is 18.9 Å². The summed E-state index contributed by atoms with van der Waals surface area (Å²) in [6.45, 7) is 1.96. The maximum Gasteiger partial charge on any atom is 0.417 e. The average Bonchev–Trinajstić information content (AvgIpc) is 2.88. The molecule has 8 heteroatoms. The van der Waals surface area contributed by atoms with Crippen LogP contribution in [0.1, 0.15) is 18.1 Å². The summed E-state index contributed by atoms with van der Waals surface area (Å²) in [5.74, 6) is -0.0725. The van der Waals surface area contributed by atoms with Crippen molar-refractivity contribution in [1.29, 1.82) is 0 Å². The quantitative estimate of drug-likeness (QED) is 0.709. The van der Waals surface area contributed by atoms with Gasteiger partial charge in [-0.15, -0.1) is 0 Å². The summed E-state index contributed by atoms with van der Waals surface area (Å²) in [6.07, 6.45) is -2.98. The van der Waals surface area contributed by atoms with Crippen molar-refractivity contribution in [2.75, 3.05) is 10.7 Å². The average molecular weight is 387 g/mol. The number of carbonyl (C=O) groups is 1. The highest BCUT2D eigenvalue weighted by Crippen LogP contribution is 2.35. The number of nitrogens with zero attached hydrogens (tertiary/aromatic N) is 2. The van der Waals surface area contributed by atoms with Crippen LogP contribution in [0.3, 0.4) is 0 Å². The Labute approximate surface area is 152 Å². The van der Waals surface area contributed by atoms with Crippen LogP contribution in [0.2, 0.25) is 5.02 Å². The zero-order valence-electron chi connectivity index (χ0n) is 13.2. The van der Waals surface area contributed by atoms with Gasteiger partial charge in [0.2, 0.25) is 5.91 Å². The minimum Gasteiger partial charge on any atom is -0.308 e. The molecule has 0 radical (unpaired) electrons. The first-order valence-corrected chi connectivity index (χ1v) is 8.89. The Bertz CT molecular complexity index is 813. The summed E-state index contributed by atoms with van der Waals surface area (Å²) in [5, 5.41) is 0.102. The second-order valence-electron chi connectivity index (χ2n) is 5.74. The maximum absolute atomic E-state index is 12.6. The Morgan fingerprint density at radius 1 is 1.40 bits per heavy atom. The van der Waals surface area contributed by atoms with Crippen molar-refractivity contribution in [3.8, 4) is 0 Å². The number of rotatable bonds is 3. The fourth-order valence-corrected chi connectivity index (χ4v) is 3.89. The normalized spacial score (nSPS) is 16.8. The monoisotopic (exact) mass is 386 g/mol. The molecule has 2 heterocycles. The van der Waals surface area contributed by atoms with Crippen molar-refractivity contribution >= 4 is 35.0 Å². The minimum absolute atomic E-state index is 0.0431. The molecule has 1 aliphatic heterocycles. The predicted octanol–water partition coefficient (Wildman–Crippen LogP) is 4.82. The number of para-hydroxylation sites is 1. The summed E-state index contributed by atoms with van der Waals surface area (Å²) in [6, 6.07) is 8.56. The molecular formula is C17H14ClF3N2OS. The number of aromatic nitrogens is 1. The molecule has 0 N–H and O–H groups in total. The standard InChI is InChI=1S/C17H14ClF3N2OS/c1-10-6-11-4-2-3-5-14(11)23(10)15(24)9-25-16-13(18)7-12(8-22-16)17(19,20)21/h2-5,7-8,10H,6,9H2,1H3/t10-/m0/s1. The van der Waals surface area contributed by atoms with E-state index in [-0.39, 0.29) is 27.8 Å². The third-order valence-electron chi connectivity index (χ3n) is 3.94. The van der Waals surface area contributed by atoms with E-state index in [2.05, 4.69) is 4.98 Å². The van der Waals surface area contributed by atoms with Gasteiger partial charge >= 0.3 is 6.18 Å². The number of hydrogen-bond donors (Lipinski definition) is 0. The highest BCUT2D eigenvalue weighted by Gasteiger charge is 2.32. The molecule has 1 amide bonds. The molecule has 0 aliphatic carbocycles. The van der Waals surface area contributed by atoms with Gasteiger partial charge in [0.05, 0.1) is 16.3 Å². The van der Waals surface area contributed by atoms with Gasteiger partial charge in [0.1, 0.15) is 5.03 Å². The summed E-state index contributed by atoms with van der Waals surface area (Å²) in [4.78, 5) is 18.1. The van der Waals surface area contributed by atoms with E-state index in [0.717, 1.165) is 41.7 Å². The van der Waals surface area contributed by atoms with E-state index in [1.807, 2.05) is 31.2 Å². The number of pyridine rings is 1. The van der Waals surface area contributed by atoms with Crippen molar-refractivity contribution in [3.05, 3.63) is 52.7 Å². The van der Waals surface area contributed by atoms with Crippen LogP contribution in [0.15, 0.2) is 41.6 Å². The number of benzene rings is 1. The second kappa shape index (κ2) is 6.88. The van der Waals surface area contributed by atoms with Crippen LogP contribution in [-0.4, -0.2) is 22.7 Å². The number of anilines is 1. The Hall–Kier alpha value is -1.73. The van der Waals surface area contributed by atoms with E-state index in [0.29, 0.717) is 0 Å². The van der Waals surface area contributed by atoms with Crippen molar-refractivity contribution in [2.45, 2.75) is 30.6 Å². The molecule has 0 fully saturated rings. The van der Waals surface area contributed by atoms with Gasteiger partial charge in [-0.1, -0.05) is 41.6 Å². The predicted molar refractivity (Wildman–Crippen MR) is 92.1 cm³/mol. The highest BCUT2D eigenvalue weighted by atomic mass is 35.5. The van der Waals surface area contributed by atoms with Gasteiger partial charge in [0.25, 0.3) is 0 Å². The van der Waals surface area contributed by atoms with Gasteiger partial charge < -0.3 is 4.90 Å². The van der Waals surface area contributed by atoms with E-state index >= 15 is 0 Å². The second-order valence-corrected chi connectivity index (χ2v) is 7.11. The summed E-state index contributed by atoms with van der Waals surface area (Å²) in [5.41, 5.74) is 1.08. The Morgan fingerprint density at radius 3 is 2.80 bits per heavy atom. The lowest BCUT2D eigenvalue weighted by Gasteiger charge is -2.22. The number of halogens is 4. The lowest BCUT2D eigenvalue weighted by Crippen LogP contribution is -2.37. The number of hydrogen-bond acceptors (Lipinski definition) is 3. The van der Waals surface area contributed by atoms with Crippen LogP contribution >= 0.6 is 23.4 Å². The topological polar surface area (TPSA) is 33.2 Å². The number of amides is 1. The van der Waals surface area contributed by atoms with Gasteiger partial charge in [-0.3, -0.25) is 4.79 Å². The molecule has 1 aromatic heterocycles. The smallest absolute Gasteiger partial charge is 0.308 e. The van der Waals surface area contributed by atoms with Crippen molar-refractivity contribution in [1.82, 2.24) is 4.98 Å². The summed E-state index contributed by atoms with van der Waals surface area (Å²) >= 11 is 6.92. The molecular weight excluding hydrogens is 373 g/mol. The van der Waals surface area contributed by atoms with Crippen LogP contribution in [0, 0.1) is 0 Å². The molecule has 1 aliphatic rings. The number of thioether (sulfide) groups is 1. The first-order valence-electron chi connectivity index (χ1n) is 7.53. The number of carbonyl (C=O) groups excluding carboxylic acids is 1. The zero-order chi connectivity index (χ0) is 18.2. The van der Waals surface area contributed by atoms with Crippen LogP contribution in [0.25, 0.3) is 0 Å². The third-order valence-corrected chi connectivity index (χ3v) is 5.33. The number of fused-ring (bicyclic) bond motifs is 1. The van der Waals surface area contributed by atoms with Crippen molar-refractivity contribution in [2.24, 2.45) is 0 Å². The van der Waals surface area contributed by atoms with Crippen LogP contribution in [0.5, 0.6) is 0 Å². The van der Waals surface area contributed by atoms with E-state index < -0.39 is 11.7 Å². The Morgan fingerprint density at radius 2 is 2.12 bits per heavy atom. The molecule has 1 atom stereocenters. The van der Waals surface area contributed by atoms with Crippen LogP contribution < -0.4 is 4.90 Å². The van der Waals surface area contributed by atoms with Gasteiger partial charge in [-0.25, -0.2) is 4.98 Å². The lowest BCUT2D eigenvalue weighted by atomic mass is 10.1.